The number of carbonyl (C=O) groups excluding carboxylic acids is 2. The van der Waals surface area contributed by atoms with Crippen molar-refractivity contribution in [3.8, 4) is 11.1 Å². The molecular formula is C23H31N5O6S. The number of nitrogens with zero attached hydrogens (tertiary/aromatic N) is 4. The third-order valence-corrected chi connectivity index (χ3v) is 7.10. The van der Waals surface area contributed by atoms with Crippen LogP contribution in [0.1, 0.15) is 26.2 Å². The molecule has 1 N–H and O–H groups in total. The molecule has 1 aromatic carbocycles. The number of fused-ring (bicyclic) bond motifs is 1. The van der Waals surface area contributed by atoms with E-state index in [1.165, 1.54) is 18.3 Å². The molecule has 2 atom stereocenters. The molecule has 2 aliphatic rings. The maximum atomic E-state index is 13.2. The summed E-state index contributed by atoms with van der Waals surface area (Å²) < 4.78 is 35.3. The van der Waals surface area contributed by atoms with Crippen molar-refractivity contribution in [3.63, 3.8) is 0 Å². The molecule has 0 spiro atoms. The van der Waals surface area contributed by atoms with Gasteiger partial charge in [-0.1, -0.05) is 6.07 Å². The normalized spacial score (nSPS) is 20.3. The van der Waals surface area contributed by atoms with Crippen molar-refractivity contribution >= 4 is 33.4 Å². The SMILES string of the molecule is COC(=O)N1c2ccc(-c3cnn(CCS(C)(=O)=O)c3)cc2N(C(=O)OC2CCCCN2)C[C@@H]1C. The van der Waals surface area contributed by atoms with Crippen molar-refractivity contribution < 1.29 is 27.5 Å². The molecule has 3 heterocycles. The van der Waals surface area contributed by atoms with Gasteiger partial charge in [-0.2, -0.15) is 5.10 Å². The second-order valence-corrected chi connectivity index (χ2v) is 11.2. The van der Waals surface area contributed by atoms with E-state index in [2.05, 4.69) is 10.4 Å². The van der Waals surface area contributed by atoms with Crippen LogP contribution in [0.5, 0.6) is 0 Å². The first-order valence-corrected chi connectivity index (χ1v) is 13.7. The summed E-state index contributed by atoms with van der Waals surface area (Å²) in [6.45, 7) is 3.13. The number of rotatable bonds is 5. The number of methoxy groups -OCH3 is 1. The summed E-state index contributed by atoms with van der Waals surface area (Å²) in [5, 5.41) is 7.48. The monoisotopic (exact) mass is 505 g/mol. The molecule has 0 bridgehead atoms. The number of hydrogen-bond donors (Lipinski definition) is 1. The molecule has 1 fully saturated rings. The molecule has 0 saturated carbocycles. The van der Waals surface area contributed by atoms with E-state index in [9.17, 15) is 18.0 Å². The summed E-state index contributed by atoms with van der Waals surface area (Å²) in [5.74, 6) is -0.0148. The van der Waals surface area contributed by atoms with Crippen molar-refractivity contribution in [1.29, 1.82) is 0 Å². The minimum Gasteiger partial charge on any atom is -0.452 e. The molecule has 35 heavy (non-hydrogen) atoms. The van der Waals surface area contributed by atoms with Gasteiger partial charge in [-0.05, 0) is 50.4 Å². The van der Waals surface area contributed by atoms with Crippen LogP contribution in [0.25, 0.3) is 11.1 Å². The van der Waals surface area contributed by atoms with E-state index in [1.54, 1.807) is 28.0 Å². The second-order valence-electron chi connectivity index (χ2n) is 8.95. The number of hydrogen-bond acceptors (Lipinski definition) is 8. The lowest BCUT2D eigenvalue weighted by molar-refractivity contribution is 0.0659. The van der Waals surface area contributed by atoms with Gasteiger partial charge in [0, 0.05) is 18.0 Å². The number of carbonyl (C=O) groups is 2. The van der Waals surface area contributed by atoms with Crippen LogP contribution in [0.3, 0.4) is 0 Å². The number of benzene rings is 1. The quantitative estimate of drug-likeness (QED) is 0.658. The van der Waals surface area contributed by atoms with E-state index in [-0.39, 0.29) is 31.1 Å². The van der Waals surface area contributed by atoms with E-state index < -0.39 is 22.0 Å². The largest absolute Gasteiger partial charge is 0.452 e. The fourth-order valence-electron chi connectivity index (χ4n) is 4.35. The number of aryl methyl sites for hydroxylation is 1. The molecule has 1 aromatic heterocycles. The summed E-state index contributed by atoms with van der Waals surface area (Å²) in [4.78, 5) is 28.8. The summed E-state index contributed by atoms with van der Waals surface area (Å²) in [6, 6.07) is 5.08. The second kappa shape index (κ2) is 10.2. The van der Waals surface area contributed by atoms with Gasteiger partial charge < -0.3 is 9.47 Å². The summed E-state index contributed by atoms with van der Waals surface area (Å²) in [6.07, 6.45) is 6.03. The summed E-state index contributed by atoms with van der Waals surface area (Å²) >= 11 is 0. The molecule has 2 aliphatic heterocycles. The number of amides is 2. The zero-order valence-corrected chi connectivity index (χ0v) is 21.0. The Morgan fingerprint density at radius 2 is 1.97 bits per heavy atom. The van der Waals surface area contributed by atoms with Crippen molar-refractivity contribution in [2.24, 2.45) is 0 Å². The van der Waals surface area contributed by atoms with Crippen LogP contribution in [-0.2, 0) is 25.9 Å². The third kappa shape index (κ3) is 5.76. The topological polar surface area (TPSA) is 123 Å². The van der Waals surface area contributed by atoms with Crippen LogP contribution in [-0.4, -0.2) is 74.9 Å². The van der Waals surface area contributed by atoms with Gasteiger partial charge in [-0.25, -0.2) is 18.0 Å². The van der Waals surface area contributed by atoms with Crippen LogP contribution in [0.2, 0.25) is 0 Å². The Hall–Kier alpha value is -3.12. The first-order valence-electron chi connectivity index (χ1n) is 11.6. The van der Waals surface area contributed by atoms with Gasteiger partial charge in [-0.15, -0.1) is 0 Å². The maximum Gasteiger partial charge on any atom is 0.416 e. The highest BCUT2D eigenvalue weighted by atomic mass is 32.2. The molecule has 1 unspecified atom stereocenters. The number of anilines is 2. The smallest absolute Gasteiger partial charge is 0.416 e. The van der Waals surface area contributed by atoms with Crippen LogP contribution >= 0.6 is 0 Å². The Balaban J connectivity index is 1.65. The summed E-state index contributed by atoms with van der Waals surface area (Å²) in [7, 11) is -1.79. The van der Waals surface area contributed by atoms with E-state index in [0.29, 0.717) is 11.4 Å². The van der Waals surface area contributed by atoms with Gasteiger partial charge in [0.15, 0.2) is 6.23 Å². The van der Waals surface area contributed by atoms with Crippen LogP contribution in [0.4, 0.5) is 21.0 Å². The predicted molar refractivity (Wildman–Crippen MR) is 131 cm³/mol. The number of sulfone groups is 1. The lowest BCUT2D eigenvalue weighted by Gasteiger charge is -2.40. The van der Waals surface area contributed by atoms with Crippen LogP contribution < -0.4 is 15.1 Å². The molecule has 0 aliphatic carbocycles. The lowest BCUT2D eigenvalue weighted by Crippen LogP contribution is -2.53. The van der Waals surface area contributed by atoms with E-state index in [0.717, 1.165) is 36.9 Å². The minimum atomic E-state index is -3.11. The van der Waals surface area contributed by atoms with E-state index >= 15 is 0 Å². The fourth-order valence-corrected chi connectivity index (χ4v) is 4.87. The molecule has 2 amide bonds. The molecule has 11 nitrogen and oxygen atoms in total. The van der Waals surface area contributed by atoms with Crippen molar-refractivity contribution in [2.75, 3.05) is 42.0 Å². The van der Waals surface area contributed by atoms with E-state index in [4.69, 9.17) is 9.47 Å². The number of aromatic nitrogens is 2. The Morgan fingerprint density at radius 3 is 2.66 bits per heavy atom. The molecule has 4 rings (SSSR count). The molecule has 2 aromatic rings. The van der Waals surface area contributed by atoms with Crippen LogP contribution in [0.15, 0.2) is 30.6 Å². The van der Waals surface area contributed by atoms with Gasteiger partial charge in [0.1, 0.15) is 9.84 Å². The van der Waals surface area contributed by atoms with Gasteiger partial charge in [0.25, 0.3) is 0 Å². The van der Waals surface area contributed by atoms with Gasteiger partial charge in [0.05, 0.1) is 49.6 Å². The standard InChI is InChI=1S/C23H31N5O6S/c1-16-14-27(22(29)34-21-6-4-5-9-24-21)20-12-17(7-8-19(20)28(16)23(30)33-2)18-13-25-26(15-18)10-11-35(3,31)32/h7-8,12-13,15-16,21,24H,4-6,9-11,14H2,1-3H3/t16-,21?/m0/s1. The predicted octanol–water partition coefficient (Wildman–Crippen LogP) is 2.61. The molecule has 12 heteroatoms. The molecule has 190 valence electrons. The zero-order chi connectivity index (χ0) is 25.2. The Labute approximate surface area is 204 Å². The molecule has 0 radical (unpaired) electrons. The first kappa shape index (κ1) is 25.0. The Bertz CT molecular complexity index is 1190. The van der Waals surface area contributed by atoms with Crippen molar-refractivity contribution in [1.82, 2.24) is 15.1 Å². The summed E-state index contributed by atoms with van der Waals surface area (Å²) in [5.41, 5.74) is 2.59. The first-order chi connectivity index (χ1) is 16.7. The van der Waals surface area contributed by atoms with Gasteiger partial charge in [-0.3, -0.25) is 19.8 Å². The third-order valence-electron chi connectivity index (χ3n) is 6.17. The highest BCUT2D eigenvalue weighted by Gasteiger charge is 2.37. The van der Waals surface area contributed by atoms with Gasteiger partial charge in [0.2, 0.25) is 0 Å². The van der Waals surface area contributed by atoms with Crippen LogP contribution in [0, 0.1) is 0 Å². The number of ether oxygens (including phenoxy) is 2. The molecule has 1 saturated heterocycles. The number of nitrogens with one attached hydrogen (secondary N) is 1. The minimum absolute atomic E-state index is 0.0148. The Morgan fingerprint density at radius 1 is 1.17 bits per heavy atom. The average molecular weight is 506 g/mol. The lowest BCUT2D eigenvalue weighted by atomic mass is 10.0. The number of piperidine rings is 1. The average Bonchev–Trinajstić information content (AvgIpc) is 3.31. The fraction of sp³-hybridized carbons (Fsp3) is 0.522. The zero-order valence-electron chi connectivity index (χ0n) is 20.1. The molecular weight excluding hydrogens is 474 g/mol. The van der Waals surface area contributed by atoms with E-state index in [1.807, 2.05) is 19.1 Å². The van der Waals surface area contributed by atoms with Crippen molar-refractivity contribution in [3.05, 3.63) is 30.6 Å². The highest BCUT2D eigenvalue weighted by Crippen LogP contribution is 2.39. The highest BCUT2D eigenvalue weighted by molar-refractivity contribution is 7.90. The maximum absolute atomic E-state index is 13.2. The Kier molecular flexibility index (Phi) is 7.31. The van der Waals surface area contributed by atoms with Gasteiger partial charge >= 0.3 is 12.2 Å². The van der Waals surface area contributed by atoms with Crippen molar-refractivity contribution in [2.45, 2.75) is 45.0 Å².